The van der Waals surface area contributed by atoms with Gasteiger partial charge in [0.2, 0.25) is 5.91 Å². The summed E-state index contributed by atoms with van der Waals surface area (Å²) in [5, 5.41) is 3.36. The molecule has 0 fully saturated rings. The lowest BCUT2D eigenvalue weighted by Crippen LogP contribution is -2.24. The summed E-state index contributed by atoms with van der Waals surface area (Å²) in [4.78, 5) is 24.4. The van der Waals surface area contributed by atoms with Gasteiger partial charge in [-0.25, -0.2) is 0 Å². The van der Waals surface area contributed by atoms with Gasteiger partial charge in [0.05, 0.1) is 17.0 Å². The fourth-order valence-electron chi connectivity index (χ4n) is 2.46. The van der Waals surface area contributed by atoms with E-state index in [9.17, 15) is 9.59 Å². The van der Waals surface area contributed by atoms with Crippen LogP contribution < -0.4 is 10.7 Å². The standard InChI is InChI=1S/C20H17NO3/c1-14(15-7-3-2-4-8-15)21-19(22)12-11-16-13-24-18-10-6-5-9-17(18)20(16)23/h2-14H,1H3,(H,21,22)/b12-11+. The molecule has 2 aromatic carbocycles. The molecule has 0 aliphatic rings. The molecule has 4 nitrogen and oxygen atoms in total. The molecule has 120 valence electrons. The Bertz CT molecular complexity index is 942. The van der Waals surface area contributed by atoms with Gasteiger partial charge in [0.25, 0.3) is 0 Å². The van der Waals surface area contributed by atoms with Crippen LogP contribution in [0.3, 0.4) is 0 Å². The third-order valence-electron chi connectivity index (χ3n) is 3.78. The number of carbonyl (C=O) groups is 1. The van der Waals surface area contributed by atoms with Gasteiger partial charge in [-0.1, -0.05) is 42.5 Å². The first-order valence-electron chi connectivity index (χ1n) is 7.69. The molecule has 0 bridgehead atoms. The molecule has 3 rings (SSSR count). The highest BCUT2D eigenvalue weighted by Crippen LogP contribution is 2.12. The molecule has 1 N–H and O–H groups in total. The van der Waals surface area contributed by atoms with Crippen LogP contribution in [0.5, 0.6) is 0 Å². The highest BCUT2D eigenvalue weighted by atomic mass is 16.3. The van der Waals surface area contributed by atoms with Crippen LogP contribution in [0, 0.1) is 0 Å². The number of amides is 1. The first kappa shape index (κ1) is 15.7. The molecule has 0 aliphatic heterocycles. The van der Waals surface area contributed by atoms with Gasteiger partial charge in [0, 0.05) is 6.08 Å². The molecule has 1 atom stereocenters. The smallest absolute Gasteiger partial charge is 0.244 e. The van der Waals surface area contributed by atoms with Gasteiger partial charge in [-0.15, -0.1) is 0 Å². The van der Waals surface area contributed by atoms with E-state index in [0.717, 1.165) is 5.56 Å². The summed E-state index contributed by atoms with van der Waals surface area (Å²) < 4.78 is 5.42. The van der Waals surface area contributed by atoms with Crippen LogP contribution >= 0.6 is 0 Å². The van der Waals surface area contributed by atoms with E-state index in [2.05, 4.69) is 5.32 Å². The van der Waals surface area contributed by atoms with E-state index >= 15 is 0 Å². The SMILES string of the molecule is CC(NC(=O)/C=C/c1coc2ccccc2c1=O)c1ccccc1. The average molecular weight is 319 g/mol. The summed E-state index contributed by atoms with van der Waals surface area (Å²) in [5.74, 6) is -0.265. The predicted molar refractivity (Wildman–Crippen MR) is 94.5 cm³/mol. The minimum absolute atomic E-state index is 0.114. The van der Waals surface area contributed by atoms with Gasteiger partial charge in [-0.3, -0.25) is 9.59 Å². The molecule has 1 aromatic heterocycles. The second-order valence-corrected chi connectivity index (χ2v) is 5.49. The van der Waals surface area contributed by atoms with Crippen molar-refractivity contribution in [3.05, 3.63) is 88.3 Å². The van der Waals surface area contributed by atoms with Crippen LogP contribution in [0.15, 0.2) is 76.1 Å². The summed E-state index contributed by atoms with van der Waals surface area (Å²) in [6.07, 6.45) is 4.20. The van der Waals surface area contributed by atoms with Gasteiger partial charge in [0.15, 0.2) is 5.43 Å². The monoisotopic (exact) mass is 319 g/mol. The van der Waals surface area contributed by atoms with Gasteiger partial charge in [-0.05, 0) is 30.7 Å². The van der Waals surface area contributed by atoms with Crippen molar-refractivity contribution in [3.8, 4) is 0 Å². The lowest BCUT2D eigenvalue weighted by atomic mass is 10.1. The molecule has 3 aromatic rings. The molecule has 4 heteroatoms. The van der Waals surface area contributed by atoms with Crippen molar-refractivity contribution in [2.24, 2.45) is 0 Å². The number of hydrogen-bond donors (Lipinski definition) is 1. The number of nitrogens with one attached hydrogen (secondary N) is 1. The molecule has 1 heterocycles. The molecule has 0 aliphatic carbocycles. The lowest BCUT2D eigenvalue weighted by Gasteiger charge is -2.12. The second-order valence-electron chi connectivity index (χ2n) is 5.49. The molecular formula is C20H17NO3. The summed E-state index contributed by atoms with van der Waals surface area (Å²) in [6, 6.07) is 16.6. The van der Waals surface area contributed by atoms with Gasteiger partial charge < -0.3 is 9.73 Å². The number of hydrogen-bond acceptors (Lipinski definition) is 3. The number of carbonyl (C=O) groups excluding carboxylic acids is 1. The lowest BCUT2D eigenvalue weighted by molar-refractivity contribution is -0.117. The van der Waals surface area contributed by atoms with Crippen molar-refractivity contribution >= 4 is 23.0 Å². The normalized spacial score (nSPS) is 12.4. The Morgan fingerprint density at radius 1 is 1.08 bits per heavy atom. The van der Waals surface area contributed by atoms with Crippen LogP contribution in [0.4, 0.5) is 0 Å². The maximum Gasteiger partial charge on any atom is 0.244 e. The summed E-state index contributed by atoms with van der Waals surface area (Å²) in [5.41, 5.74) is 1.74. The van der Waals surface area contributed by atoms with Crippen molar-refractivity contribution in [2.75, 3.05) is 0 Å². The van der Waals surface area contributed by atoms with Crippen molar-refractivity contribution < 1.29 is 9.21 Å². The molecule has 0 radical (unpaired) electrons. The number of para-hydroxylation sites is 1. The van der Waals surface area contributed by atoms with E-state index in [1.165, 1.54) is 18.4 Å². The third-order valence-corrected chi connectivity index (χ3v) is 3.78. The first-order valence-corrected chi connectivity index (χ1v) is 7.69. The molecule has 24 heavy (non-hydrogen) atoms. The Morgan fingerprint density at radius 2 is 1.79 bits per heavy atom. The van der Waals surface area contributed by atoms with E-state index in [4.69, 9.17) is 4.42 Å². The third kappa shape index (κ3) is 3.43. The van der Waals surface area contributed by atoms with Crippen molar-refractivity contribution in [1.29, 1.82) is 0 Å². The van der Waals surface area contributed by atoms with Crippen LogP contribution in [0.1, 0.15) is 24.1 Å². The quantitative estimate of drug-likeness (QED) is 0.746. The summed E-state index contributed by atoms with van der Waals surface area (Å²) >= 11 is 0. The zero-order valence-corrected chi connectivity index (χ0v) is 13.2. The Labute approximate surface area is 139 Å². The Balaban J connectivity index is 1.75. The van der Waals surface area contributed by atoms with E-state index in [-0.39, 0.29) is 17.4 Å². The fraction of sp³-hybridized carbons (Fsp3) is 0.100. The molecule has 1 unspecified atom stereocenters. The Hall–Kier alpha value is -3.14. The van der Waals surface area contributed by atoms with E-state index in [1.807, 2.05) is 37.3 Å². The fourth-order valence-corrected chi connectivity index (χ4v) is 2.46. The van der Waals surface area contributed by atoms with Crippen LogP contribution in [0.2, 0.25) is 0 Å². The number of rotatable bonds is 4. The highest BCUT2D eigenvalue weighted by molar-refractivity contribution is 5.92. The first-order chi connectivity index (χ1) is 11.6. The minimum atomic E-state index is -0.265. The highest BCUT2D eigenvalue weighted by Gasteiger charge is 2.08. The van der Waals surface area contributed by atoms with Crippen LogP contribution in [-0.4, -0.2) is 5.91 Å². The summed E-state index contributed by atoms with van der Waals surface area (Å²) in [7, 11) is 0. The van der Waals surface area contributed by atoms with Crippen molar-refractivity contribution in [3.63, 3.8) is 0 Å². The zero-order chi connectivity index (χ0) is 16.9. The summed E-state index contributed by atoms with van der Waals surface area (Å²) in [6.45, 7) is 1.91. The van der Waals surface area contributed by atoms with Crippen LogP contribution in [0.25, 0.3) is 17.0 Å². The zero-order valence-electron chi connectivity index (χ0n) is 13.2. The van der Waals surface area contributed by atoms with Crippen molar-refractivity contribution in [2.45, 2.75) is 13.0 Å². The van der Waals surface area contributed by atoms with Crippen molar-refractivity contribution in [1.82, 2.24) is 5.32 Å². The number of benzene rings is 2. The van der Waals surface area contributed by atoms with Gasteiger partial charge >= 0.3 is 0 Å². The van der Waals surface area contributed by atoms with Gasteiger partial charge in [-0.2, -0.15) is 0 Å². The Kier molecular flexibility index (Phi) is 4.57. The molecule has 0 saturated carbocycles. The largest absolute Gasteiger partial charge is 0.463 e. The topological polar surface area (TPSA) is 59.3 Å². The molecular weight excluding hydrogens is 302 g/mol. The predicted octanol–water partition coefficient (Wildman–Crippen LogP) is 3.68. The maximum absolute atomic E-state index is 12.3. The Morgan fingerprint density at radius 3 is 2.58 bits per heavy atom. The average Bonchev–Trinajstić information content (AvgIpc) is 2.62. The molecule has 1 amide bonds. The van der Waals surface area contributed by atoms with E-state index < -0.39 is 0 Å². The maximum atomic E-state index is 12.3. The molecule has 0 saturated heterocycles. The number of fused-ring (bicyclic) bond motifs is 1. The van der Waals surface area contributed by atoms with Gasteiger partial charge in [0.1, 0.15) is 11.8 Å². The second kappa shape index (κ2) is 6.96. The van der Waals surface area contributed by atoms with E-state index in [0.29, 0.717) is 16.5 Å². The molecule has 0 spiro atoms. The minimum Gasteiger partial charge on any atom is -0.463 e. The van der Waals surface area contributed by atoms with E-state index in [1.54, 1.807) is 24.3 Å². The van der Waals surface area contributed by atoms with Crippen LogP contribution in [-0.2, 0) is 4.79 Å².